The average Bonchev–Trinajstić information content (AvgIpc) is 2.62. The van der Waals surface area contributed by atoms with Crippen LogP contribution in [0.2, 0.25) is 0 Å². The number of para-hydroxylation sites is 1. The molecule has 2 rings (SSSR count). The van der Waals surface area contributed by atoms with Crippen LogP contribution < -0.4 is 10.5 Å². The van der Waals surface area contributed by atoms with Crippen molar-refractivity contribution < 1.29 is 19.4 Å². The molecule has 0 fully saturated rings. The highest BCUT2D eigenvalue weighted by Crippen LogP contribution is 2.18. The maximum Gasteiger partial charge on any atom is 0.310 e. The predicted octanol–water partition coefficient (Wildman–Crippen LogP) is 4.26. The second-order valence-electron chi connectivity index (χ2n) is 6.69. The number of rotatable bonds is 7. The number of primary amides is 1. The van der Waals surface area contributed by atoms with Crippen molar-refractivity contribution in [1.29, 1.82) is 0 Å². The Bertz CT molecular complexity index is 738. The second-order valence-corrected chi connectivity index (χ2v) is 6.69. The molecule has 2 aromatic rings. The molecule has 27 heavy (non-hydrogen) atoms. The number of amides is 1. The summed E-state index contributed by atoms with van der Waals surface area (Å²) in [6.07, 6.45) is 1.04. The third-order valence-corrected chi connectivity index (χ3v) is 3.95. The van der Waals surface area contributed by atoms with Crippen molar-refractivity contribution in [2.24, 2.45) is 11.7 Å². The molecule has 0 saturated heterocycles. The van der Waals surface area contributed by atoms with Crippen LogP contribution in [0.25, 0.3) is 0 Å². The van der Waals surface area contributed by atoms with Gasteiger partial charge in [-0.3, -0.25) is 9.59 Å². The van der Waals surface area contributed by atoms with Crippen molar-refractivity contribution in [3.05, 3.63) is 65.2 Å². The standard InChI is InChI=1S/C13H18O2.C9H11NO2/c1-9(2)8-11-4-6-12(7-5-11)10(3)13(14)15;1-2-12-8-6-4-3-5-7(8)9(10)11/h4-7,9-10H,8H2,1-3H3,(H,14,15);3-6H,2H2,1H3,(H2,10,11). The minimum absolute atomic E-state index is 0.418. The number of hydrogen-bond donors (Lipinski definition) is 2. The topological polar surface area (TPSA) is 89.6 Å². The number of hydrogen-bond acceptors (Lipinski definition) is 3. The number of carboxylic acid groups (broad SMARTS) is 1. The van der Waals surface area contributed by atoms with Crippen molar-refractivity contribution in [3.8, 4) is 5.75 Å². The molecular formula is C22H29NO4. The predicted molar refractivity (Wildman–Crippen MR) is 107 cm³/mol. The summed E-state index contributed by atoms with van der Waals surface area (Å²) in [5, 5.41) is 8.85. The van der Waals surface area contributed by atoms with Gasteiger partial charge in [-0.2, -0.15) is 0 Å². The Hall–Kier alpha value is -2.82. The molecule has 0 aliphatic heterocycles. The molecule has 0 bridgehead atoms. The number of carboxylic acids is 1. The van der Waals surface area contributed by atoms with Crippen molar-refractivity contribution >= 4 is 11.9 Å². The Kier molecular flexibility index (Phi) is 9.06. The van der Waals surface area contributed by atoms with Gasteiger partial charge in [-0.05, 0) is 49.4 Å². The lowest BCUT2D eigenvalue weighted by atomic mass is 9.97. The van der Waals surface area contributed by atoms with E-state index in [-0.39, 0.29) is 0 Å². The van der Waals surface area contributed by atoms with E-state index in [0.29, 0.717) is 23.8 Å². The van der Waals surface area contributed by atoms with Crippen molar-refractivity contribution in [2.75, 3.05) is 6.61 Å². The second kappa shape index (κ2) is 11.0. The summed E-state index contributed by atoms with van der Waals surface area (Å²) >= 11 is 0. The Balaban J connectivity index is 0.000000277. The average molecular weight is 371 g/mol. The zero-order valence-electron chi connectivity index (χ0n) is 16.4. The van der Waals surface area contributed by atoms with Gasteiger partial charge < -0.3 is 15.6 Å². The maximum atomic E-state index is 10.8. The van der Waals surface area contributed by atoms with Gasteiger partial charge in [0.25, 0.3) is 5.91 Å². The first-order chi connectivity index (χ1) is 12.8. The molecule has 0 aliphatic rings. The van der Waals surface area contributed by atoms with Gasteiger partial charge in [0.15, 0.2) is 0 Å². The number of carbonyl (C=O) groups excluding carboxylic acids is 1. The maximum absolute atomic E-state index is 10.8. The van der Waals surface area contributed by atoms with Gasteiger partial charge in [-0.1, -0.05) is 50.2 Å². The van der Waals surface area contributed by atoms with Crippen molar-refractivity contribution in [2.45, 2.75) is 40.0 Å². The van der Waals surface area contributed by atoms with E-state index >= 15 is 0 Å². The highest BCUT2D eigenvalue weighted by Gasteiger charge is 2.13. The van der Waals surface area contributed by atoms with Crippen LogP contribution in [-0.4, -0.2) is 23.6 Å². The van der Waals surface area contributed by atoms with Crippen molar-refractivity contribution in [3.63, 3.8) is 0 Å². The number of ether oxygens (including phenoxy) is 1. The smallest absolute Gasteiger partial charge is 0.310 e. The summed E-state index contributed by atoms with van der Waals surface area (Å²) in [6, 6.07) is 14.8. The van der Waals surface area contributed by atoms with Gasteiger partial charge in [0.2, 0.25) is 0 Å². The zero-order chi connectivity index (χ0) is 20.4. The Morgan fingerprint density at radius 1 is 1.04 bits per heavy atom. The summed E-state index contributed by atoms with van der Waals surface area (Å²) in [7, 11) is 0. The van der Waals surface area contributed by atoms with E-state index in [1.165, 1.54) is 5.56 Å². The molecule has 2 aromatic carbocycles. The normalized spacial score (nSPS) is 11.3. The van der Waals surface area contributed by atoms with Gasteiger partial charge in [0, 0.05) is 0 Å². The minimum atomic E-state index is -0.772. The Morgan fingerprint density at radius 3 is 2.11 bits per heavy atom. The van der Waals surface area contributed by atoms with E-state index < -0.39 is 17.8 Å². The van der Waals surface area contributed by atoms with E-state index in [9.17, 15) is 9.59 Å². The fourth-order valence-corrected chi connectivity index (χ4v) is 2.51. The van der Waals surface area contributed by atoms with Crippen LogP contribution in [0.15, 0.2) is 48.5 Å². The van der Waals surface area contributed by atoms with Crippen LogP contribution in [0.3, 0.4) is 0 Å². The van der Waals surface area contributed by atoms with E-state index in [2.05, 4.69) is 13.8 Å². The molecule has 1 atom stereocenters. The molecule has 0 aliphatic carbocycles. The van der Waals surface area contributed by atoms with Crippen LogP contribution in [0.1, 0.15) is 55.1 Å². The zero-order valence-corrected chi connectivity index (χ0v) is 16.4. The van der Waals surface area contributed by atoms with Gasteiger partial charge in [0.05, 0.1) is 18.1 Å². The van der Waals surface area contributed by atoms with Crippen LogP contribution in [-0.2, 0) is 11.2 Å². The largest absolute Gasteiger partial charge is 0.493 e. The van der Waals surface area contributed by atoms with Crippen LogP contribution in [0.5, 0.6) is 5.75 Å². The number of benzene rings is 2. The Morgan fingerprint density at radius 2 is 1.63 bits per heavy atom. The lowest BCUT2D eigenvalue weighted by Crippen LogP contribution is -2.12. The third kappa shape index (κ3) is 7.52. The fourth-order valence-electron chi connectivity index (χ4n) is 2.51. The van der Waals surface area contributed by atoms with E-state index in [4.69, 9.17) is 15.6 Å². The summed E-state index contributed by atoms with van der Waals surface area (Å²) < 4.78 is 5.20. The highest BCUT2D eigenvalue weighted by atomic mass is 16.5. The molecular weight excluding hydrogens is 342 g/mol. The molecule has 1 unspecified atom stereocenters. The summed E-state index contributed by atoms with van der Waals surface area (Å²) in [6.45, 7) is 8.45. The molecule has 0 aromatic heterocycles. The molecule has 5 nitrogen and oxygen atoms in total. The van der Waals surface area contributed by atoms with Gasteiger partial charge in [0.1, 0.15) is 5.75 Å². The van der Waals surface area contributed by atoms with E-state index in [0.717, 1.165) is 12.0 Å². The summed E-state index contributed by atoms with van der Waals surface area (Å²) in [4.78, 5) is 21.6. The first kappa shape index (κ1) is 22.2. The minimum Gasteiger partial charge on any atom is -0.493 e. The molecule has 5 heteroatoms. The monoisotopic (exact) mass is 371 g/mol. The lowest BCUT2D eigenvalue weighted by Gasteiger charge is -2.09. The quantitative estimate of drug-likeness (QED) is 0.761. The molecule has 0 radical (unpaired) electrons. The highest BCUT2D eigenvalue weighted by molar-refractivity contribution is 5.95. The molecule has 0 heterocycles. The number of nitrogens with two attached hydrogens (primary N) is 1. The molecule has 3 N–H and O–H groups in total. The van der Waals surface area contributed by atoms with Gasteiger partial charge >= 0.3 is 5.97 Å². The summed E-state index contributed by atoms with van der Waals surface area (Å²) in [5.41, 5.74) is 7.70. The molecule has 1 amide bonds. The number of carbonyl (C=O) groups is 2. The number of aliphatic carboxylic acids is 1. The van der Waals surface area contributed by atoms with Crippen LogP contribution in [0.4, 0.5) is 0 Å². The molecule has 146 valence electrons. The first-order valence-electron chi connectivity index (χ1n) is 9.09. The summed E-state index contributed by atoms with van der Waals surface area (Å²) in [5.74, 6) is -0.469. The van der Waals surface area contributed by atoms with Crippen LogP contribution in [0, 0.1) is 5.92 Å². The lowest BCUT2D eigenvalue weighted by molar-refractivity contribution is -0.138. The van der Waals surface area contributed by atoms with E-state index in [1.807, 2.05) is 31.2 Å². The van der Waals surface area contributed by atoms with Gasteiger partial charge in [-0.15, -0.1) is 0 Å². The third-order valence-electron chi connectivity index (χ3n) is 3.95. The fraction of sp³-hybridized carbons (Fsp3) is 0.364. The SMILES string of the molecule is CC(C)Cc1ccc(C(C)C(=O)O)cc1.CCOc1ccccc1C(N)=O. The first-order valence-corrected chi connectivity index (χ1v) is 9.09. The van der Waals surface area contributed by atoms with Crippen LogP contribution >= 0.6 is 0 Å². The molecule has 0 spiro atoms. The Labute approximate surface area is 161 Å². The molecule has 0 saturated carbocycles. The van der Waals surface area contributed by atoms with E-state index in [1.54, 1.807) is 31.2 Å². The van der Waals surface area contributed by atoms with Gasteiger partial charge in [-0.25, -0.2) is 0 Å². The van der Waals surface area contributed by atoms with Crippen molar-refractivity contribution in [1.82, 2.24) is 0 Å².